The van der Waals surface area contributed by atoms with E-state index in [0.717, 1.165) is 11.0 Å². The number of rotatable bonds is 4. The molecule has 0 aliphatic carbocycles. The van der Waals surface area contributed by atoms with Crippen molar-refractivity contribution in [2.24, 2.45) is 4.99 Å². The summed E-state index contributed by atoms with van der Waals surface area (Å²) in [5.41, 5.74) is 4.98. The molecule has 0 aliphatic heterocycles. The normalized spacial score (nSPS) is 11.2. The minimum atomic E-state index is 0.552. The van der Waals surface area contributed by atoms with Crippen LogP contribution in [0.5, 0.6) is 0 Å². The fraction of sp³-hybridized carbons (Fsp3) is 0.0667. The molecule has 0 amide bonds. The van der Waals surface area contributed by atoms with Crippen molar-refractivity contribution < 1.29 is 5.21 Å². The van der Waals surface area contributed by atoms with Gasteiger partial charge in [-0.3, -0.25) is 10.7 Å². The van der Waals surface area contributed by atoms with E-state index in [1.54, 1.807) is 0 Å². The van der Waals surface area contributed by atoms with Crippen LogP contribution in [0, 0.1) is 0 Å². The predicted octanol–water partition coefficient (Wildman–Crippen LogP) is 2.72. The monoisotopic (exact) mass is 266 g/mol. The Labute approximate surface area is 116 Å². The summed E-state index contributed by atoms with van der Waals surface area (Å²) in [5, 5.41) is 8.65. The summed E-state index contributed by atoms with van der Waals surface area (Å²) in [4.78, 5) is 8.58. The average molecular weight is 266 g/mol. The van der Waals surface area contributed by atoms with Crippen molar-refractivity contribution in [2.75, 3.05) is 0 Å². The van der Waals surface area contributed by atoms with Crippen molar-refractivity contribution in [1.82, 2.24) is 15.0 Å². The van der Waals surface area contributed by atoms with Gasteiger partial charge in [-0.25, -0.2) is 9.98 Å². The highest BCUT2D eigenvalue weighted by molar-refractivity contribution is 5.79. The van der Waals surface area contributed by atoms with Gasteiger partial charge in [-0.2, -0.15) is 0 Å². The lowest BCUT2D eigenvalue weighted by atomic mass is 10.2. The number of benzene rings is 2. The summed E-state index contributed by atoms with van der Waals surface area (Å²) < 4.78 is 2.01. The fourth-order valence-electron chi connectivity index (χ4n) is 2.17. The zero-order valence-electron chi connectivity index (χ0n) is 10.8. The number of hydroxylamine groups is 1. The van der Waals surface area contributed by atoms with E-state index in [1.165, 1.54) is 11.9 Å². The van der Waals surface area contributed by atoms with E-state index >= 15 is 0 Å². The van der Waals surface area contributed by atoms with Crippen molar-refractivity contribution in [1.29, 1.82) is 0 Å². The van der Waals surface area contributed by atoms with Crippen molar-refractivity contribution in [3.8, 4) is 0 Å². The topological polar surface area (TPSA) is 62.4 Å². The van der Waals surface area contributed by atoms with Crippen LogP contribution in [0.4, 0.5) is 5.95 Å². The fourth-order valence-corrected chi connectivity index (χ4v) is 2.17. The van der Waals surface area contributed by atoms with E-state index in [4.69, 9.17) is 5.21 Å². The Hall–Kier alpha value is -2.66. The van der Waals surface area contributed by atoms with Gasteiger partial charge in [0.2, 0.25) is 5.95 Å². The first-order valence-electron chi connectivity index (χ1n) is 6.30. The summed E-state index contributed by atoms with van der Waals surface area (Å²) in [6.07, 6.45) is 1.21. The molecule has 0 aliphatic rings. The molecule has 3 rings (SSSR count). The number of aliphatic imine (C=N–C) groups is 1. The minimum Gasteiger partial charge on any atom is -0.304 e. The Bertz CT molecular complexity index is 734. The number of fused-ring (bicyclic) bond motifs is 1. The molecule has 0 radical (unpaired) electrons. The summed E-state index contributed by atoms with van der Waals surface area (Å²) in [5.74, 6) is 0.552. The SMILES string of the molecule is ON/C=N/c1nc2ccccc2n1Cc1ccccc1. The van der Waals surface area contributed by atoms with Gasteiger partial charge in [0.15, 0.2) is 0 Å². The molecule has 0 unspecified atom stereocenters. The van der Waals surface area contributed by atoms with Crippen LogP contribution in [-0.4, -0.2) is 21.1 Å². The van der Waals surface area contributed by atoms with Crippen LogP contribution in [0.1, 0.15) is 5.56 Å². The molecule has 1 aromatic heterocycles. The Kier molecular flexibility index (Phi) is 3.43. The first kappa shape index (κ1) is 12.4. The number of hydrogen-bond donors (Lipinski definition) is 2. The molecule has 5 nitrogen and oxygen atoms in total. The van der Waals surface area contributed by atoms with Crippen LogP contribution in [0.15, 0.2) is 59.6 Å². The number of para-hydroxylation sites is 2. The van der Waals surface area contributed by atoms with Crippen molar-refractivity contribution in [3.05, 3.63) is 60.2 Å². The molecule has 0 spiro atoms. The second-order valence-corrected chi connectivity index (χ2v) is 4.36. The first-order chi connectivity index (χ1) is 9.88. The second-order valence-electron chi connectivity index (χ2n) is 4.36. The molecule has 2 N–H and O–H groups in total. The molecule has 0 atom stereocenters. The molecule has 5 heteroatoms. The minimum absolute atomic E-state index is 0.552. The average Bonchev–Trinajstić information content (AvgIpc) is 2.84. The van der Waals surface area contributed by atoms with E-state index < -0.39 is 0 Å². The van der Waals surface area contributed by atoms with Gasteiger partial charge in [0, 0.05) is 0 Å². The van der Waals surface area contributed by atoms with Crippen LogP contribution < -0.4 is 5.48 Å². The van der Waals surface area contributed by atoms with Gasteiger partial charge < -0.3 is 4.57 Å². The predicted molar refractivity (Wildman–Crippen MR) is 78.4 cm³/mol. The number of aromatic nitrogens is 2. The molecule has 1 heterocycles. The zero-order chi connectivity index (χ0) is 13.8. The van der Waals surface area contributed by atoms with Gasteiger partial charge in [-0.15, -0.1) is 0 Å². The first-order valence-corrected chi connectivity index (χ1v) is 6.30. The van der Waals surface area contributed by atoms with Gasteiger partial charge in [0.05, 0.1) is 17.6 Å². The Morgan fingerprint density at radius 1 is 1.10 bits per heavy atom. The quantitative estimate of drug-likeness (QED) is 0.433. The lowest BCUT2D eigenvalue weighted by Gasteiger charge is -2.06. The maximum absolute atomic E-state index is 8.65. The van der Waals surface area contributed by atoms with Gasteiger partial charge in [0.1, 0.15) is 6.34 Å². The summed E-state index contributed by atoms with van der Waals surface area (Å²) in [6.45, 7) is 0.680. The van der Waals surface area contributed by atoms with E-state index in [-0.39, 0.29) is 0 Å². The number of imidazole rings is 1. The number of nitrogens with zero attached hydrogens (tertiary/aromatic N) is 3. The van der Waals surface area contributed by atoms with E-state index in [1.807, 2.05) is 52.5 Å². The Morgan fingerprint density at radius 3 is 2.65 bits per heavy atom. The van der Waals surface area contributed by atoms with Crippen LogP contribution in [0.2, 0.25) is 0 Å². The summed E-state index contributed by atoms with van der Waals surface area (Å²) >= 11 is 0. The lowest BCUT2D eigenvalue weighted by molar-refractivity contribution is 0.240. The highest BCUT2D eigenvalue weighted by atomic mass is 16.5. The maximum atomic E-state index is 8.65. The summed E-state index contributed by atoms with van der Waals surface area (Å²) in [6, 6.07) is 18.0. The van der Waals surface area contributed by atoms with Crippen molar-refractivity contribution in [2.45, 2.75) is 6.54 Å². The van der Waals surface area contributed by atoms with Gasteiger partial charge in [-0.05, 0) is 17.7 Å². The van der Waals surface area contributed by atoms with Gasteiger partial charge in [0.25, 0.3) is 0 Å². The summed E-state index contributed by atoms with van der Waals surface area (Å²) in [7, 11) is 0. The second kappa shape index (κ2) is 5.54. The smallest absolute Gasteiger partial charge is 0.232 e. The number of hydrogen-bond acceptors (Lipinski definition) is 3. The van der Waals surface area contributed by atoms with E-state index in [0.29, 0.717) is 12.5 Å². The lowest BCUT2D eigenvalue weighted by Crippen LogP contribution is -2.03. The van der Waals surface area contributed by atoms with Crippen LogP contribution >= 0.6 is 0 Å². The van der Waals surface area contributed by atoms with Gasteiger partial charge >= 0.3 is 0 Å². The molecule has 20 heavy (non-hydrogen) atoms. The van der Waals surface area contributed by atoms with Crippen LogP contribution in [0.3, 0.4) is 0 Å². The molecule has 3 aromatic rings. The third kappa shape index (κ3) is 2.39. The third-order valence-corrected chi connectivity index (χ3v) is 3.06. The van der Waals surface area contributed by atoms with Crippen LogP contribution in [-0.2, 0) is 6.54 Å². The largest absolute Gasteiger partial charge is 0.304 e. The molecule has 2 aromatic carbocycles. The molecular formula is C15H14N4O. The standard InChI is InChI=1S/C15H14N4O/c20-17-11-16-15-18-13-8-4-5-9-14(13)19(15)10-12-6-2-1-3-7-12/h1-9,11,20H,10H2,(H,16,17,18). The highest BCUT2D eigenvalue weighted by Gasteiger charge is 2.09. The van der Waals surface area contributed by atoms with Crippen molar-refractivity contribution in [3.63, 3.8) is 0 Å². The highest BCUT2D eigenvalue weighted by Crippen LogP contribution is 2.22. The molecule has 0 saturated heterocycles. The Balaban J connectivity index is 2.08. The molecule has 100 valence electrons. The third-order valence-electron chi connectivity index (χ3n) is 3.06. The van der Waals surface area contributed by atoms with Crippen molar-refractivity contribution >= 4 is 23.3 Å². The van der Waals surface area contributed by atoms with Gasteiger partial charge in [-0.1, -0.05) is 42.5 Å². The van der Waals surface area contributed by atoms with E-state index in [9.17, 15) is 0 Å². The Morgan fingerprint density at radius 2 is 1.85 bits per heavy atom. The molecular weight excluding hydrogens is 252 g/mol. The molecule has 0 bridgehead atoms. The maximum Gasteiger partial charge on any atom is 0.232 e. The van der Waals surface area contributed by atoms with Crippen LogP contribution in [0.25, 0.3) is 11.0 Å². The number of nitrogens with one attached hydrogen (secondary N) is 1. The van der Waals surface area contributed by atoms with E-state index in [2.05, 4.69) is 22.1 Å². The molecule has 0 saturated carbocycles. The zero-order valence-corrected chi connectivity index (χ0v) is 10.8. The molecule has 0 fully saturated rings.